The SMILES string of the molecule is CN=C(NCCc1cccc(C(=O)NC)c1)NCCc1ccc(Br)s1.I. The minimum Gasteiger partial charge on any atom is -0.356 e. The number of aliphatic imine (C=N–C) groups is 1. The van der Waals surface area contributed by atoms with Gasteiger partial charge in [-0.15, -0.1) is 35.3 Å². The highest BCUT2D eigenvalue weighted by atomic mass is 127. The standard InChI is InChI=1S/C18H23BrN4OS.HI/c1-20-17(24)14-5-3-4-13(12-14)8-10-22-18(21-2)23-11-9-15-6-7-16(19)25-15;/h3-7,12H,8-11H2,1-2H3,(H,20,24)(H2,21,22,23);1H. The molecule has 5 nitrogen and oxygen atoms in total. The second kappa shape index (κ2) is 12.3. The average Bonchev–Trinajstić information content (AvgIpc) is 3.05. The number of amides is 1. The van der Waals surface area contributed by atoms with Crippen molar-refractivity contribution in [2.75, 3.05) is 27.2 Å². The van der Waals surface area contributed by atoms with E-state index in [1.807, 2.05) is 24.3 Å². The summed E-state index contributed by atoms with van der Waals surface area (Å²) in [5.74, 6) is 0.727. The molecule has 8 heteroatoms. The fourth-order valence-corrected chi connectivity index (χ4v) is 3.83. The third kappa shape index (κ3) is 7.63. The fraction of sp³-hybridized carbons (Fsp3) is 0.333. The summed E-state index contributed by atoms with van der Waals surface area (Å²) in [6, 6.07) is 11.9. The van der Waals surface area contributed by atoms with E-state index in [2.05, 4.69) is 49.0 Å². The van der Waals surface area contributed by atoms with Crippen LogP contribution < -0.4 is 16.0 Å². The van der Waals surface area contributed by atoms with Crippen molar-refractivity contribution >= 4 is 63.1 Å². The van der Waals surface area contributed by atoms with Crippen LogP contribution in [0.25, 0.3) is 0 Å². The van der Waals surface area contributed by atoms with Gasteiger partial charge in [0.2, 0.25) is 0 Å². The van der Waals surface area contributed by atoms with Crippen molar-refractivity contribution in [2.45, 2.75) is 12.8 Å². The van der Waals surface area contributed by atoms with Gasteiger partial charge in [-0.2, -0.15) is 0 Å². The van der Waals surface area contributed by atoms with Crippen LogP contribution in [0.4, 0.5) is 0 Å². The van der Waals surface area contributed by atoms with Crippen LogP contribution in [0.15, 0.2) is 45.2 Å². The van der Waals surface area contributed by atoms with Crippen LogP contribution in [0.5, 0.6) is 0 Å². The van der Waals surface area contributed by atoms with Gasteiger partial charge in [0.05, 0.1) is 3.79 Å². The molecule has 1 amide bonds. The van der Waals surface area contributed by atoms with Crippen molar-refractivity contribution in [1.82, 2.24) is 16.0 Å². The molecule has 0 radical (unpaired) electrons. The van der Waals surface area contributed by atoms with Crippen molar-refractivity contribution in [3.05, 3.63) is 56.2 Å². The smallest absolute Gasteiger partial charge is 0.251 e. The first-order chi connectivity index (χ1) is 12.1. The van der Waals surface area contributed by atoms with E-state index >= 15 is 0 Å². The quantitative estimate of drug-likeness (QED) is 0.281. The molecule has 0 fully saturated rings. The van der Waals surface area contributed by atoms with E-state index in [1.165, 1.54) is 4.88 Å². The first-order valence-corrected chi connectivity index (χ1v) is 9.73. The summed E-state index contributed by atoms with van der Waals surface area (Å²) in [7, 11) is 3.41. The first-order valence-electron chi connectivity index (χ1n) is 8.12. The predicted octanol–water partition coefficient (Wildman–Crippen LogP) is 3.44. The molecule has 0 aliphatic heterocycles. The van der Waals surface area contributed by atoms with Gasteiger partial charge < -0.3 is 16.0 Å². The minimum atomic E-state index is -0.0625. The zero-order valence-corrected chi connectivity index (χ0v) is 19.6. The van der Waals surface area contributed by atoms with Crippen molar-refractivity contribution < 1.29 is 4.79 Å². The second-order valence-corrected chi connectivity index (χ2v) is 7.96. The van der Waals surface area contributed by atoms with Crippen molar-refractivity contribution in [1.29, 1.82) is 0 Å². The Morgan fingerprint density at radius 3 is 2.50 bits per heavy atom. The number of guanidine groups is 1. The largest absolute Gasteiger partial charge is 0.356 e. The number of carbonyl (C=O) groups is 1. The topological polar surface area (TPSA) is 65.5 Å². The van der Waals surface area contributed by atoms with Gasteiger partial charge in [-0.3, -0.25) is 9.79 Å². The molecule has 0 bridgehead atoms. The molecular weight excluding hydrogens is 527 g/mol. The normalized spacial score (nSPS) is 10.8. The summed E-state index contributed by atoms with van der Waals surface area (Å²) in [5, 5.41) is 9.27. The molecule has 0 spiro atoms. The first kappa shape index (κ1) is 22.9. The van der Waals surface area contributed by atoms with Crippen molar-refractivity contribution in [2.24, 2.45) is 4.99 Å². The van der Waals surface area contributed by atoms with E-state index in [0.29, 0.717) is 5.56 Å². The van der Waals surface area contributed by atoms with Crippen LogP contribution in [0.3, 0.4) is 0 Å². The molecular formula is C18H24BrIN4OS. The van der Waals surface area contributed by atoms with Crippen LogP contribution in [0, 0.1) is 0 Å². The Morgan fingerprint density at radius 1 is 1.15 bits per heavy atom. The van der Waals surface area contributed by atoms with Gasteiger partial charge in [0.15, 0.2) is 5.96 Å². The maximum atomic E-state index is 11.7. The minimum absolute atomic E-state index is 0. The molecule has 0 unspecified atom stereocenters. The Morgan fingerprint density at radius 2 is 1.88 bits per heavy atom. The van der Waals surface area contributed by atoms with E-state index in [1.54, 1.807) is 25.4 Å². The number of hydrogen-bond donors (Lipinski definition) is 3. The Kier molecular flexibility index (Phi) is 10.8. The number of nitrogens with zero attached hydrogens (tertiary/aromatic N) is 1. The van der Waals surface area contributed by atoms with E-state index in [4.69, 9.17) is 0 Å². The van der Waals surface area contributed by atoms with Gasteiger partial charge in [-0.05, 0) is 58.6 Å². The Labute approximate surface area is 184 Å². The summed E-state index contributed by atoms with van der Waals surface area (Å²) < 4.78 is 1.16. The summed E-state index contributed by atoms with van der Waals surface area (Å²) in [6.07, 6.45) is 1.79. The van der Waals surface area contributed by atoms with Crippen molar-refractivity contribution in [3.63, 3.8) is 0 Å². The lowest BCUT2D eigenvalue weighted by Gasteiger charge is -2.12. The summed E-state index contributed by atoms with van der Waals surface area (Å²) in [4.78, 5) is 17.2. The highest BCUT2D eigenvalue weighted by Gasteiger charge is 2.04. The van der Waals surface area contributed by atoms with Gasteiger partial charge in [0, 0.05) is 37.6 Å². The molecule has 142 valence electrons. The molecule has 1 aromatic carbocycles. The van der Waals surface area contributed by atoms with Crippen LogP contribution in [0.2, 0.25) is 0 Å². The Balaban J connectivity index is 0.00000338. The molecule has 1 heterocycles. The third-order valence-electron chi connectivity index (χ3n) is 3.64. The molecule has 2 aromatic rings. The molecule has 1 aromatic heterocycles. The number of nitrogens with one attached hydrogen (secondary N) is 3. The molecule has 0 aliphatic rings. The van der Waals surface area contributed by atoms with Gasteiger partial charge in [-0.25, -0.2) is 0 Å². The Bertz CT molecular complexity index is 735. The Hall–Kier alpha value is -1.13. The molecule has 0 atom stereocenters. The maximum absolute atomic E-state index is 11.7. The number of hydrogen-bond acceptors (Lipinski definition) is 3. The molecule has 26 heavy (non-hydrogen) atoms. The molecule has 0 saturated heterocycles. The monoisotopic (exact) mass is 550 g/mol. The second-order valence-electron chi connectivity index (χ2n) is 5.41. The molecule has 0 saturated carbocycles. The fourth-order valence-electron chi connectivity index (χ4n) is 2.35. The lowest BCUT2D eigenvalue weighted by Crippen LogP contribution is -2.39. The average molecular weight is 551 g/mol. The predicted molar refractivity (Wildman–Crippen MR) is 124 cm³/mol. The van der Waals surface area contributed by atoms with Crippen LogP contribution in [-0.4, -0.2) is 39.1 Å². The van der Waals surface area contributed by atoms with Gasteiger partial charge >= 0.3 is 0 Å². The summed E-state index contributed by atoms with van der Waals surface area (Å²) in [5.41, 5.74) is 1.80. The van der Waals surface area contributed by atoms with E-state index in [9.17, 15) is 4.79 Å². The zero-order valence-electron chi connectivity index (χ0n) is 14.8. The summed E-state index contributed by atoms with van der Waals surface area (Å²) >= 11 is 5.23. The number of benzene rings is 1. The van der Waals surface area contributed by atoms with E-state index in [-0.39, 0.29) is 29.9 Å². The molecule has 3 N–H and O–H groups in total. The molecule has 0 aliphatic carbocycles. The lowest BCUT2D eigenvalue weighted by molar-refractivity contribution is 0.0963. The van der Waals surface area contributed by atoms with Gasteiger partial charge in [0.1, 0.15) is 0 Å². The maximum Gasteiger partial charge on any atom is 0.251 e. The molecule has 2 rings (SSSR count). The number of halogens is 2. The third-order valence-corrected chi connectivity index (χ3v) is 5.32. The van der Waals surface area contributed by atoms with E-state index < -0.39 is 0 Å². The zero-order chi connectivity index (χ0) is 18.1. The van der Waals surface area contributed by atoms with Crippen LogP contribution in [0.1, 0.15) is 20.8 Å². The number of thiophene rings is 1. The summed E-state index contributed by atoms with van der Waals surface area (Å²) in [6.45, 7) is 1.58. The highest BCUT2D eigenvalue weighted by molar-refractivity contribution is 14.0. The highest BCUT2D eigenvalue weighted by Crippen LogP contribution is 2.21. The van der Waals surface area contributed by atoms with Crippen LogP contribution in [-0.2, 0) is 12.8 Å². The number of carbonyl (C=O) groups excluding carboxylic acids is 1. The van der Waals surface area contributed by atoms with Crippen molar-refractivity contribution in [3.8, 4) is 0 Å². The lowest BCUT2D eigenvalue weighted by atomic mass is 10.1. The van der Waals surface area contributed by atoms with Crippen LogP contribution >= 0.6 is 51.2 Å². The van der Waals surface area contributed by atoms with Gasteiger partial charge in [0.25, 0.3) is 5.91 Å². The number of rotatable bonds is 7. The van der Waals surface area contributed by atoms with Gasteiger partial charge in [-0.1, -0.05) is 12.1 Å². The van der Waals surface area contributed by atoms with E-state index in [0.717, 1.165) is 41.2 Å².